The van der Waals surface area contributed by atoms with Gasteiger partial charge in [-0.05, 0) is 0 Å². The van der Waals surface area contributed by atoms with Gasteiger partial charge in [0.25, 0.3) is 0 Å². The van der Waals surface area contributed by atoms with Crippen LogP contribution in [-0.4, -0.2) is 24.6 Å². The van der Waals surface area contributed by atoms with Gasteiger partial charge in [0.2, 0.25) is 0 Å². The van der Waals surface area contributed by atoms with E-state index in [0.29, 0.717) is 0 Å². The first-order valence-corrected chi connectivity index (χ1v) is 3.05. The van der Waals surface area contributed by atoms with Gasteiger partial charge in [-0.15, -0.1) is 11.8 Å². The van der Waals surface area contributed by atoms with Crippen molar-refractivity contribution in [3.05, 3.63) is 0 Å². The molecule has 3 heteroatoms. The van der Waals surface area contributed by atoms with E-state index < -0.39 is 0 Å². The van der Waals surface area contributed by atoms with Crippen molar-refractivity contribution >= 4 is 18.0 Å². The Balaban J connectivity index is 2.28. The first-order valence-electron chi connectivity index (χ1n) is 2.00. The third kappa shape index (κ3) is 1.17. The number of thioether (sulfide) groups is 1. The summed E-state index contributed by atoms with van der Waals surface area (Å²) in [6.45, 7) is 0. The van der Waals surface area contributed by atoms with Crippen molar-refractivity contribution in [1.82, 2.24) is 0 Å². The van der Waals surface area contributed by atoms with Crippen LogP contribution in [0.1, 0.15) is 0 Å². The molecule has 0 aromatic rings. The Hall–Kier alpha value is -0.0200. The second kappa shape index (κ2) is 2.33. The van der Waals surface area contributed by atoms with E-state index in [9.17, 15) is 0 Å². The van der Waals surface area contributed by atoms with Crippen LogP contribution in [0.2, 0.25) is 0 Å². The van der Waals surface area contributed by atoms with Crippen LogP contribution in [0.25, 0.3) is 0 Å². The zero-order valence-corrected chi connectivity index (χ0v) is 4.86. The Morgan fingerprint density at radius 2 is 2.86 bits per heavy atom. The summed E-state index contributed by atoms with van der Waals surface area (Å²) in [7, 11) is 1.65. The minimum atomic E-state index is 0.0278. The monoisotopic (exact) mass is 116 g/mol. The van der Waals surface area contributed by atoms with Crippen molar-refractivity contribution in [2.45, 2.75) is 5.56 Å². The van der Waals surface area contributed by atoms with Crippen molar-refractivity contribution < 1.29 is 4.74 Å². The minimum Gasteiger partial charge on any atom is -0.351 e. The smallest absolute Gasteiger partial charge is 0.196 e. The molecular formula is C4H6NOS. The number of methoxy groups -OCH3 is 1. The molecule has 1 unspecified atom stereocenters. The van der Waals surface area contributed by atoms with E-state index >= 15 is 0 Å². The predicted molar refractivity (Wildman–Crippen MR) is 30.7 cm³/mol. The average Bonchev–Trinajstić information content (AvgIpc) is 2.14. The van der Waals surface area contributed by atoms with Crippen LogP contribution in [0.15, 0.2) is 4.99 Å². The van der Waals surface area contributed by atoms with Gasteiger partial charge in [0.15, 0.2) is 5.56 Å². The maximum atomic E-state index is 4.84. The SMILES string of the molecule is COC1N=[C]CS1. The molecule has 7 heavy (non-hydrogen) atoms. The highest BCUT2D eigenvalue weighted by Crippen LogP contribution is 2.15. The van der Waals surface area contributed by atoms with E-state index in [4.69, 9.17) is 4.74 Å². The molecule has 1 aliphatic rings. The summed E-state index contributed by atoms with van der Waals surface area (Å²) in [4.78, 5) is 3.84. The highest BCUT2D eigenvalue weighted by atomic mass is 32.2. The summed E-state index contributed by atoms with van der Waals surface area (Å²) >= 11 is 1.64. The van der Waals surface area contributed by atoms with Crippen molar-refractivity contribution in [2.24, 2.45) is 4.99 Å². The fourth-order valence-corrected chi connectivity index (χ4v) is 0.955. The molecule has 0 N–H and O–H groups in total. The number of rotatable bonds is 1. The number of ether oxygens (including phenoxy) is 1. The summed E-state index contributed by atoms with van der Waals surface area (Å²) in [5.41, 5.74) is 0.0278. The van der Waals surface area contributed by atoms with Crippen LogP contribution >= 0.6 is 11.8 Å². The van der Waals surface area contributed by atoms with E-state index in [1.807, 2.05) is 0 Å². The van der Waals surface area contributed by atoms with Gasteiger partial charge in [-0.25, -0.2) is 4.99 Å². The summed E-state index contributed by atoms with van der Waals surface area (Å²) in [6.07, 6.45) is 2.79. The van der Waals surface area contributed by atoms with Crippen LogP contribution in [-0.2, 0) is 4.74 Å². The van der Waals surface area contributed by atoms with Crippen molar-refractivity contribution in [3.8, 4) is 0 Å². The molecule has 1 heterocycles. The number of hydrogen-bond donors (Lipinski definition) is 0. The molecule has 0 bridgehead atoms. The van der Waals surface area contributed by atoms with Crippen LogP contribution in [0, 0.1) is 0 Å². The van der Waals surface area contributed by atoms with Crippen molar-refractivity contribution in [3.63, 3.8) is 0 Å². The highest BCUT2D eigenvalue weighted by molar-refractivity contribution is 8.00. The molecule has 0 saturated carbocycles. The lowest BCUT2D eigenvalue weighted by Crippen LogP contribution is -1.94. The molecule has 1 rings (SSSR count). The van der Waals surface area contributed by atoms with E-state index in [0.717, 1.165) is 5.75 Å². The summed E-state index contributed by atoms with van der Waals surface area (Å²) in [6, 6.07) is 0. The second-order valence-corrected chi connectivity index (χ2v) is 2.17. The third-order valence-electron chi connectivity index (χ3n) is 0.689. The third-order valence-corrected chi connectivity index (χ3v) is 1.57. The van der Waals surface area contributed by atoms with Crippen LogP contribution < -0.4 is 0 Å². The van der Waals surface area contributed by atoms with E-state index in [-0.39, 0.29) is 5.56 Å². The quantitative estimate of drug-likeness (QED) is 0.500. The van der Waals surface area contributed by atoms with Gasteiger partial charge in [0.1, 0.15) is 0 Å². The molecule has 0 amide bonds. The van der Waals surface area contributed by atoms with E-state index in [2.05, 4.69) is 11.2 Å². The first-order chi connectivity index (χ1) is 3.43. The molecule has 0 fully saturated rings. The van der Waals surface area contributed by atoms with E-state index in [1.54, 1.807) is 18.9 Å². The molecule has 1 atom stereocenters. The molecular weight excluding hydrogens is 110 g/mol. The molecule has 1 aliphatic heterocycles. The van der Waals surface area contributed by atoms with E-state index in [1.165, 1.54) is 0 Å². The lowest BCUT2D eigenvalue weighted by atomic mass is 10.9. The van der Waals surface area contributed by atoms with Crippen LogP contribution in [0.5, 0.6) is 0 Å². The first kappa shape index (κ1) is 5.12. The topological polar surface area (TPSA) is 21.6 Å². The van der Waals surface area contributed by atoms with Crippen LogP contribution in [0.4, 0.5) is 0 Å². The second-order valence-electron chi connectivity index (χ2n) is 1.14. The molecule has 0 aromatic heterocycles. The zero-order valence-electron chi connectivity index (χ0n) is 4.05. The zero-order chi connectivity index (χ0) is 5.11. The fourth-order valence-electron chi connectivity index (χ4n) is 0.378. The van der Waals surface area contributed by atoms with Gasteiger partial charge < -0.3 is 4.74 Å². The maximum absolute atomic E-state index is 4.84. The summed E-state index contributed by atoms with van der Waals surface area (Å²) < 4.78 is 4.84. The average molecular weight is 116 g/mol. The largest absolute Gasteiger partial charge is 0.351 e. The van der Waals surface area contributed by atoms with Crippen molar-refractivity contribution in [1.29, 1.82) is 0 Å². The van der Waals surface area contributed by atoms with Crippen LogP contribution in [0.3, 0.4) is 0 Å². The van der Waals surface area contributed by atoms with Gasteiger partial charge in [0.05, 0.1) is 6.21 Å². The minimum absolute atomic E-state index is 0.0278. The Morgan fingerprint density at radius 3 is 3.14 bits per heavy atom. The van der Waals surface area contributed by atoms with Gasteiger partial charge in [-0.3, -0.25) is 0 Å². The Morgan fingerprint density at radius 1 is 2.00 bits per heavy atom. The highest BCUT2D eigenvalue weighted by Gasteiger charge is 2.07. The van der Waals surface area contributed by atoms with Crippen molar-refractivity contribution in [2.75, 3.05) is 12.9 Å². The Labute approximate surface area is 47.0 Å². The lowest BCUT2D eigenvalue weighted by molar-refractivity contribution is 0.183. The summed E-state index contributed by atoms with van der Waals surface area (Å²) in [5.74, 6) is 0.874. The Bertz CT molecular complexity index is 83.8. The number of nitrogens with zero attached hydrogens (tertiary/aromatic N) is 1. The predicted octanol–water partition coefficient (Wildman–Crippen LogP) is 0.611. The Kier molecular flexibility index (Phi) is 1.70. The molecule has 2 nitrogen and oxygen atoms in total. The molecule has 0 spiro atoms. The van der Waals surface area contributed by atoms with Gasteiger partial charge in [-0.1, -0.05) is 0 Å². The number of aliphatic imine (C=N–C) groups is 1. The normalized spacial score (nSPS) is 29.0. The lowest BCUT2D eigenvalue weighted by Gasteiger charge is -1.98. The standard InChI is InChI=1S/C4H6NOS/c1-6-4-5-2-3-7-4/h4H,3H2,1H3. The molecule has 0 aliphatic carbocycles. The molecule has 1 radical (unpaired) electrons. The molecule has 39 valence electrons. The fraction of sp³-hybridized carbons (Fsp3) is 0.750. The summed E-state index contributed by atoms with van der Waals surface area (Å²) in [5, 5.41) is 0. The van der Waals surface area contributed by atoms with Gasteiger partial charge in [0, 0.05) is 12.9 Å². The molecule has 0 saturated heterocycles. The van der Waals surface area contributed by atoms with Gasteiger partial charge >= 0.3 is 0 Å². The van der Waals surface area contributed by atoms with Gasteiger partial charge in [-0.2, -0.15) is 0 Å². The number of hydrogen-bond acceptors (Lipinski definition) is 3. The molecule has 0 aromatic carbocycles. The maximum Gasteiger partial charge on any atom is 0.196 e.